The van der Waals surface area contributed by atoms with Crippen molar-refractivity contribution in [2.75, 3.05) is 0 Å². The molecule has 3 aromatic heterocycles. The first-order chi connectivity index (χ1) is 35.7. The van der Waals surface area contributed by atoms with Gasteiger partial charge in [0.1, 0.15) is 0 Å². The van der Waals surface area contributed by atoms with Gasteiger partial charge < -0.3 is 13.7 Å². The Bertz CT molecular complexity index is 4560. The van der Waals surface area contributed by atoms with E-state index in [0.717, 1.165) is 17.1 Å². The molecule has 0 fully saturated rings. The minimum absolute atomic E-state index is 0.00686. The van der Waals surface area contributed by atoms with Crippen LogP contribution in [-0.4, -0.2) is 20.4 Å². The van der Waals surface area contributed by atoms with Gasteiger partial charge in [-0.2, -0.15) is 0 Å². The van der Waals surface area contributed by atoms with Crippen LogP contribution in [0.3, 0.4) is 0 Å². The molecule has 72 heavy (non-hydrogen) atoms. The summed E-state index contributed by atoms with van der Waals surface area (Å²) >= 11 is 0. The number of aromatic nitrogens is 3. The summed E-state index contributed by atoms with van der Waals surface area (Å²) in [5, 5.41) is 12.4. The van der Waals surface area contributed by atoms with Gasteiger partial charge in [0.15, 0.2) is 0 Å². The van der Waals surface area contributed by atoms with E-state index in [2.05, 4.69) is 281 Å². The lowest BCUT2D eigenvalue weighted by Gasteiger charge is -2.18. The summed E-state index contributed by atoms with van der Waals surface area (Å²) in [6.45, 7) is -0.00686. The summed E-state index contributed by atoms with van der Waals surface area (Å²) in [6.07, 6.45) is 0. The van der Waals surface area contributed by atoms with Crippen LogP contribution in [0, 0.1) is 0 Å². The topological polar surface area (TPSA) is 14.8 Å². The highest BCUT2D eigenvalue weighted by atomic mass is 15.0. The Hall–Kier alpha value is -9.38. The van der Waals surface area contributed by atoms with Crippen LogP contribution in [0.1, 0.15) is 0 Å². The summed E-state index contributed by atoms with van der Waals surface area (Å²) in [7, 11) is 0. The number of hydrogen-bond acceptors (Lipinski definition) is 0. The van der Waals surface area contributed by atoms with E-state index in [1.54, 1.807) is 0 Å². The molecule has 3 heterocycles. The van der Waals surface area contributed by atoms with Crippen LogP contribution in [-0.2, 0) is 0 Å². The maximum absolute atomic E-state index is 2.54. The van der Waals surface area contributed by atoms with Crippen LogP contribution < -0.4 is 16.4 Å². The van der Waals surface area contributed by atoms with Crippen molar-refractivity contribution in [2.45, 2.75) is 0 Å². The molecule has 0 saturated carbocycles. The maximum Gasteiger partial charge on any atom is 0.241 e. The molecule has 0 unspecified atom stereocenters. The Morgan fingerprint density at radius 3 is 1.32 bits per heavy atom. The highest BCUT2D eigenvalue weighted by Gasteiger charge is 2.26. The first-order valence-corrected chi connectivity index (χ1v) is 24.9. The van der Waals surface area contributed by atoms with Gasteiger partial charge in [0.2, 0.25) is 6.71 Å². The number of para-hydroxylation sites is 4. The second-order valence-corrected chi connectivity index (χ2v) is 19.3. The molecule has 15 rings (SSSR count). The number of benzene rings is 12. The van der Waals surface area contributed by atoms with Gasteiger partial charge in [-0.25, -0.2) is 0 Å². The van der Waals surface area contributed by atoms with Gasteiger partial charge in [-0.05, 0) is 99.4 Å². The fourth-order valence-corrected chi connectivity index (χ4v) is 12.0. The molecule has 0 saturated heterocycles. The van der Waals surface area contributed by atoms with Crippen molar-refractivity contribution in [3.63, 3.8) is 0 Å². The lowest BCUT2D eigenvalue weighted by Crippen LogP contribution is -2.51. The third-order valence-electron chi connectivity index (χ3n) is 15.3. The minimum atomic E-state index is -0.00686. The van der Waals surface area contributed by atoms with Crippen molar-refractivity contribution in [1.29, 1.82) is 0 Å². The second kappa shape index (κ2) is 16.1. The number of rotatable bonds is 7. The average molecular weight is 914 g/mol. The summed E-state index contributed by atoms with van der Waals surface area (Å²) in [6, 6.07) is 98.9. The molecule has 0 aliphatic rings. The highest BCUT2D eigenvalue weighted by molar-refractivity contribution is 6.95. The third kappa shape index (κ3) is 6.26. The van der Waals surface area contributed by atoms with E-state index >= 15 is 0 Å². The van der Waals surface area contributed by atoms with E-state index in [1.165, 1.54) is 114 Å². The quantitative estimate of drug-likeness (QED) is 0.142. The Morgan fingerprint density at radius 2 is 0.653 bits per heavy atom. The summed E-state index contributed by atoms with van der Waals surface area (Å²) in [5.41, 5.74) is 16.7. The SMILES string of the molecule is c1ccc(-n2c3ccccc3c3cc(-c4cccc(-n5c6ccc(B(c7ccc8ccccc8c7)c7ccc8ccccc8c7)cc6c6ccc7c8ccccc8n(-c8ccccc8)c7c65)c4)ccc32)cc1. The van der Waals surface area contributed by atoms with Crippen LogP contribution in [0.5, 0.6) is 0 Å². The molecule has 0 atom stereocenters. The first-order valence-electron chi connectivity index (χ1n) is 24.9. The Morgan fingerprint density at radius 1 is 0.222 bits per heavy atom. The van der Waals surface area contributed by atoms with Gasteiger partial charge in [-0.15, -0.1) is 0 Å². The van der Waals surface area contributed by atoms with E-state index < -0.39 is 0 Å². The third-order valence-corrected chi connectivity index (χ3v) is 15.3. The van der Waals surface area contributed by atoms with Crippen LogP contribution in [0.2, 0.25) is 0 Å². The summed E-state index contributed by atoms with van der Waals surface area (Å²) < 4.78 is 7.41. The van der Waals surface area contributed by atoms with E-state index in [4.69, 9.17) is 0 Å². The molecular formula is C68H44BN3. The molecular weight excluding hydrogens is 870 g/mol. The molecule has 0 amide bonds. The molecule has 0 N–H and O–H groups in total. The molecule has 0 aliphatic heterocycles. The molecule has 0 aliphatic carbocycles. The van der Waals surface area contributed by atoms with Crippen molar-refractivity contribution in [2.24, 2.45) is 0 Å². The van der Waals surface area contributed by atoms with Crippen LogP contribution in [0.15, 0.2) is 267 Å². The molecule has 0 spiro atoms. The Kier molecular flexibility index (Phi) is 9.06. The fraction of sp³-hybridized carbons (Fsp3) is 0. The number of nitrogens with zero attached hydrogens (tertiary/aromatic N) is 3. The van der Waals surface area contributed by atoms with Gasteiger partial charge in [0, 0.05) is 49.4 Å². The predicted molar refractivity (Wildman–Crippen MR) is 307 cm³/mol. The minimum Gasteiger partial charge on any atom is -0.309 e. The molecule has 4 heteroatoms. The molecule has 12 aromatic carbocycles. The maximum atomic E-state index is 2.54. The molecule has 0 radical (unpaired) electrons. The van der Waals surface area contributed by atoms with Gasteiger partial charge in [0.05, 0.1) is 33.1 Å². The molecule has 0 bridgehead atoms. The van der Waals surface area contributed by atoms with Gasteiger partial charge >= 0.3 is 0 Å². The van der Waals surface area contributed by atoms with E-state index in [9.17, 15) is 0 Å². The van der Waals surface area contributed by atoms with Crippen molar-refractivity contribution in [3.8, 4) is 28.2 Å². The van der Waals surface area contributed by atoms with Crippen LogP contribution >= 0.6 is 0 Å². The smallest absolute Gasteiger partial charge is 0.241 e. The zero-order valence-electron chi connectivity index (χ0n) is 39.3. The summed E-state index contributed by atoms with van der Waals surface area (Å²) in [4.78, 5) is 0. The highest BCUT2D eigenvalue weighted by Crippen LogP contribution is 2.42. The molecule has 15 aromatic rings. The lowest BCUT2D eigenvalue weighted by molar-refractivity contribution is 1.15. The lowest BCUT2D eigenvalue weighted by atomic mass is 9.36. The van der Waals surface area contributed by atoms with Gasteiger partial charge in [-0.3, -0.25) is 0 Å². The van der Waals surface area contributed by atoms with Crippen molar-refractivity contribution in [1.82, 2.24) is 13.7 Å². The summed E-state index contributed by atoms with van der Waals surface area (Å²) in [5.74, 6) is 0. The monoisotopic (exact) mass is 913 g/mol. The van der Waals surface area contributed by atoms with Crippen LogP contribution in [0.4, 0.5) is 0 Å². The van der Waals surface area contributed by atoms with Crippen molar-refractivity contribution >= 4 is 110 Å². The zero-order valence-corrected chi connectivity index (χ0v) is 39.3. The van der Waals surface area contributed by atoms with Gasteiger partial charge in [-0.1, -0.05) is 217 Å². The second-order valence-electron chi connectivity index (χ2n) is 19.3. The molecule has 334 valence electrons. The van der Waals surface area contributed by atoms with Crippen LogP contribution in [0.25, 0.3) is 115 Å². The van der Waals surface area contributed by atoms with E-state index in [-0.39, 0.29) is 6.71 Å². The predicted octanol–water partition coefficient (Wildman–Crippen LogP) is 15.5. The fourth-order valence-electron chi connectivity index (χ4n) is 12.0. The van der Waals surface area contributed by atoms with E-state index in [1.807, 2.05) is 0 Å². The standard InChI is InChI=1S/C68H44BN3/c1-3-21-54(22-4-1)70-63-28-13-12-27-58(63)61-43-50(32-38-65(61)70)49-20-15-25-56(42-49)72-66-39-35-53(69(51-33-30-45-16-7-9-18-47(45)40-51)52-34-31-46-17-8-10-19-48(46)41-52)44-62(66)60-37-36-59-57-26-11-14-29-64(57)71(67(59)68(60)72)55-23-5-2-6-24-55/h1-44H. The number of fused-ring (bicyclic) bond motifs is 12. The normalized spacial score (nSPS) is 11.9. The van der Waals surface area contributed by atoms with Crippen molar-refractivity contribution < 1.29 is 0 Å². The largest absolute Gasteiger partial charge is 0.309 e. The first kappa shape index (κ1) is 40.5. The average Bonchev–Trinajstić information content (AvgIpc) is 4.09. The Labute approximate surface area is 416 Å². The molecule has 3 nitrogen and oxygen atoms in total. The zero-order chi connectivity index (χ0) is 47.3. The Balaban J connectivity index is 0.996. The van der Waals surface area contributed by atoms with Crippen molar-refractivity contribution in [3.05, 3.63) is 267 Å². The van der Waals surface area contributed by atoms with E-state index in [0.29, 0.717) is 0 Å². The van der Waals surface area contributed by atoms with Gasteiger partial charge in [0.25, 0.3) is 0 Å². The number of hydrogen-bond donors (Lipinski definition) is 0.